The van der Waals surface area contributed by atoms with E-state index in [-0.39, 0.29) is 5.91 Å². The number of carbonyl (C=O) groups is 2. The lowest BCUT2D eigenvalue weighted by molar-refractivity contribution is -0.126. The molecule has 0 saturated carbocycles. The van der Waals surface area contributed by atoms with E-state index in [4.69, 9.17) is 4.18 Å². The van der Waals surface area contributed by atoms with Gasteiger partial charge in [0.05, 0.1) is 17.6 Å². The van der Waals surface area contributed by atoms with Gasteiger partial charge in [-0.1, -0.05) is 18.2 Å². The van der Waals surface area contributed by atoms with Crippen molar-refractivity contribution in [3.8, 4) is 0 Å². The van der Waals surface area contributed by atoms with Crippen LogP contribution in [0.25, 0.3) is 0 Å². The van der Waals surface area contributed by atoms with Gasteiger partial charge >= 0.3 is 5.97 Å². The van der Waals surface area contributed by atoms with E-state index in [1.165, 1.54) is 11.8 Å². The molecule has 4 nitrogen and oxygen atoms in total. The third-order valence-electron chi connectivity index (χ3n) is 1.93. The molecule has 86 valence electrons. The van der Waals surface area contributed by atoms with Crippen LogP contribution in [0.5, 0.6) is 0 Å². The minimum absolute atomic E-state index is 0.0664. The lowest BCUT2D eigenvalue weighted by Crippen LogP contribution is -2.23. The third kappa shape index (κ3) is 3.94. The van der Waals surface area contributed by atoms with Gasteiger partial charge in [0.15, 0.2) is 0 Å². The molecule has 1 aromatic carbocycles. The Balaban J connectivity index is 2.34. The van der Waals surface area contributed by atoms with Gasteiger partial charge < -0.3 is 9.08 Å². The molecule has 0 saturated heterocycles. The number of amides is 1. The molecule has 1 rings (SSSR count). The smallest absolute Gasteiger partial charge is 0.350 e. The molecule has 0 bridgehead atoms. The van der Waals surface area contributed by atoms with Crippen molar-refractivity contribution in [2.45, 2.75) is 6.92 Å². The molecule has 16 heavy (non-hydrogen) atoms. The normalized spacial score (nSPS) is 9.62. The lowest BCUT2D eigenvalue weighted by Gasteiger charge is -2.12. The number of benzene rings is 1. The van der Waals surface area contributed by atoms with E-state index in [0.29, 0.717) is 11.4 Å². The van der Waals surface area contributed by atoms with Crippen LogP contribution in [0.15, 0.2) is 30.3 Å². The molecule has 0 heterocycles. The van der Waals surface area contributed by atoms with Gasteiger partial charge in [0.1, 0.15) is 5.88 Å². The first kappa shape index (κ1) is 12.6. The van der Waals surface area contributed by atoms with Crippen LogP contribution in [-0.2, 0) is 8.98 Å². The van der Waals surface area contributed by atoms with Gasteiger partial charge in [-0.15, -0.1) is 0 Å². The average molecular weight is 239 g/mol. The minimum Gasteiger partial charge on any atom is -0.386 e. The molecule has 0 atom stereocenters. The average Bonchev–Trinajstić information content (AvgIpc) is 2.29. The highest BCUT2D eigenvalue weighted by Gasteiger charge is 2.08. The largest absolute Gasteiger partial charge is 0.386 e. The Labute approximate surface area is 98.8 Å². The fourth-order valence-corrected chi connectivity index (χ4v) is 1.47. The Hall–Kier alpha value is -1.49. The van der Waals surface area contributed by atoms with E-state index >= 15 is 0 Å². The molecule has 5 heteroatoms. The number of rotatable bonds is 4. The SMILES string of the molecule is CC(=O)N(C)CSOC(=O)c1ccccc1. The Morgan fingerprint density at radius 1 is 1.31 bits per heavy atom. The first-order chi connectivity index (χ1) is 7.61. The second kappa shape index (κ2) is 6.17. The molecule has 0 aliphatic carbocycles. The second-order valence-corrected chi connectivity index (χ2v) is 3.86. The fraction of sp³-hybridized carbons (Fsp3) is 0.273. The van der Waals surface area contributed by atoms with Crippen LogP contribution in [0.2, 0.25) is 0 Å². The fourth-order valence-electron chi connectivity index (χ4n) is 0.872. The summed E-state index contributed by atoms with van der Waals surface area (Å²) < 4.78 is 4.93. The lowest BCUT2D eigenvalue weighted by atomic mass is 10.2. The summed E-state index contributed by atoms with van der Waals surface area (Å²) in [4.78, 5) is 23.8. The molecule has 0 unspecified atom stereocenters. The maximum absolute atomic E-state index is 11.4. The maximum Gasteiger partial charge on any atom is 0.350 e. The molecule has 0 fully saturated rings. The third-order valence-corrected chi connectivity index (χ3v) is 2.69. The summed E-state index contributed by atoms with van der Waals surface area (Å²) in [6.07, 6.45) is 0. The van der Waals surface area contributed by atoms with Gasteiger partial charge in [-0.3, -0.25) is 4.79 Å². The highest BCUT2D eigenvalue weighted by molar-refractivity contribution is 7.95. The maximum atomic E-state index is 11.4. The van der Waals surface area contributed by atoms with Crippen molar-refractivity contribution in [1.29, 1.82) is 0 Å². The number of nitrogens with zero attached hydrogens (tertiary/aromatic N) is 1. The second-order valence-electron chi connectivity index (χ2n) is 3.20. The molecular formula is C11H13NO3S. The molecule has 0 spiro atoms. The Morgan fingerprint density at radius 2 is 1.94 bits per heavy atom. The van der Waals surface area contributed by atoms with Crippen molar-refractivity contribution in [3.63, 3.8) is 0 Å². The summed E-state index contributed by atoms with van der Waals surface area (Å²) in [7, 11) is 1.64. The van der Waals surface area contributed by atoms with E-state index in [0.717, 1.165) is 12.0 Å². The first-order valence-corrected chi connectivity index (χ1v) is 5.63. The molecular weight excluding hydrogens is 226 g/mol. The van der Waals surface area contributed by atoms with E-state index in [9.17, 15) is 9.59 Å². The molecule has 0 radical (unpaired) electrons. The van der Waals surface area contributed by atoms with E-state index in [1.54, 1.807) is 31.3 Å². The van der Waals surface area contributed by atoms with Crippen molar-refractivity contribution in [2.24, 2.45) is 0 Å². The predicted octanol–water partition coefficient (Wildman–Crippen LogP) is 1.93. The van der Waals surface area contributed by atoms with Gasteiger partial charge in [-0.2, -0.15) is 0 Å². The molecule has 0 aliphatic rings. The topological polar surface area (TPSA) is 46.6 Å². The van der Waals surface area contributed by atoms with E-state index in [2.05, 4.69) is 0 Å². The van der Waals surface area contributed by atoms with Gasteiger partial charge in [0.2, 0.25) is 5.91 Å². The van der Waals surface area contributed by atoms with E-state index < -0.39 is 5.97 Å². The Morgan fingerprint density at radius 3 is 2.50 bits per heavy atom. The zero-order valence-corrected chi connectivity index (χ0v) is 9.99. The van der Waals surface area contributed by atoms with Crippen LogP contribution in [0.3, 0.4) is 0 Å². The van der Waals surface area contributed by atoms with Crippen molar-refractivity contribution < 1.29 is 13.8 Å². The van der Waals surface area contributed by atoms with Gasteiger partial charge in [0, 0.05) is 14.0 Å². The summed E-state index contributed by atoms with van der Waals surface area (Å²) in [5, 5.41) is 0. The zero-order valence-electron chi connectivity index (χ0n) is 9.17. The quantitative estimate of drug-likeness (QED) is 0.595. The van der Waals surface area contributed by atoms with Gasteiger partial charge in [-0.25, -0.2) is 4.79 Å². The Kier molecular flexibility index (Phi) is 4.85. The number of hydrogen-bond donors (Lipinski definition) is 0. The molecule has 0 N–H and O–H groups in total. The standard InChI is InChI=1S/C11H13NO3S/c1-9(13)12(2)8-16-15-11(14)10-6-4-3-5-7-10/h3-7H,8H2,1-2H3. The van der Waals surface area contributed by atoms with Crippen LogP contribution in [-0.4, -0.2) is 29.7 Å². The van der Waals surface area contributed by atoms with Crippen LogP contribution in [0, 0.1) is 0 Å². The van der Waals surface area contributed by atoms with Crippen molar-refractivity contribution in [3.05, 3.63) is 35.9 Å². The molecule has 1 aromatic rings. The van der Waals surface area contributed by atoms with Crippen LogP contribution < -0.4 is 0 Å². The summed E-state index contributed by atoms with van der Waals surface area (Å²) >= 11 is 0.948. The molecule has 1 amide bonds. The summed E-state index contributed by atoms with van der Waals surface area (Å²) in [5.74, 6) is -0.140. The zero-order chi connectivity index (χ0) is 12.0. The van der Waals surface area contributed by atoms with Gasteiger partial charge in [-0.05, 0) is 12.1 Å². The molecule has 0 aromatic heterocycles. The predicted molar refractivity (Wildman–Crippen MR) is 62.8 cm³/mol. The monoisotopic (exact) mass is 239 g/mol. The van der Waals surface area contributed by atoms with Crippen molar-refractivity contribution in [1.82, 2.24) is 4.90 Å². The summed E-state index contributed by atoms with van der Waals surface area (Å²) in [6, 6.07) is 8.72. The van der Waals surface area contributed by atoms with E-state index in [1.807, 2.05) is 6.07 Å². The van der Waals surface area contributed by atoms with Crippen LogP contribution >= 0.6 is 12.0 Å². The summed E-state index contributed by atoms with van der Waals surface area (Å²) in [6.45, 7) is 1.46. The van der Waals surface area contributed by atoms with Crippen LogP contribution in [0.4, 0.5) is 0 Å². The van der Waals surface area contributed by atoms with Crippen LogP contribution in [0.1, 0.15) is 17.3 Å². The van der Waals surface area contributed by atoms with Gasteiger partial charge in [0.25, 0.3) is 0 Å². The van der Waals surface area contributed by atoms with Crippen molar-refractivity contribution in [2.75, 3.05) is 12.9 Å². The first-order valence-electron chi connectivity index (χ1n) is 4.72. The summed E-state index contributed by atoms with van der Waals surface area (Å²) in [5.41, 5.74) is 0.500. The minimum atomic E-state index is -0.400. The highest BCUT2D eigenvalue weighted by atomic mass is 32.2. The number of hydrogen-bond acceptors (Lipinski definition) is 4. The highest BCUT2D eigenvalue weighted by Crippen LogP contribution is 2.10. The Bertz CT molecular complexity index is 367. The number of carbonyl (C=O) groups excluding carboxylic acids is 2. The molecule has 0 aliphatic heterocycles. The van der Waals surface area contributed by atoms with Crippen molar-refractivity contribution >= 4 is 23.9 Å².